The van der Waals surface area contributed by atoms with Gasteiger partial charge in [-0.3, -0.25) is 4.79 Å². The third kappa shape index (κ3) is 2.67. The summed E-state index contributed by atoms with van der Waals surface area (Å²) in [5, 5.41) is 6.03. The second kappa shape index (κ2) is 6.59. The van der Waals surface area contributed by atoms with Gasteiger partial charge in [0.15, 0.2) is 0 Å². The number of hydrogen-bond donors (Lipinski definition) is 0. The van der Waals surface area contributed by atoms with Crippen LogP contribution in [0.4, 0.5) is 24.5 Å². The van der Waals surface area contributed by atoms with E-state index in [1.54, 1.807) is 6.07 Å². The van der Waals surface area contributed by atoms with Gasteiger partial charge in [-0.05, 0) is 68.5 Å². The number of carbonyl (C=O) groups is 1. The predicted molar refractivity (Wildman–Crippen MR) is 110 cm³/mol. The van der Waals surface area contributed by atoms with Crippen LogP contribution in [0.25, 0.3) is 0 Å². The second-order valence-electron chi connectivity index (χ2n) is 8.33. The largest absolute Gasteiger partial charge is 0.416 e. The van der Waals surface area contributed by atoms with E-state index in [9.17, 15) is 18.0 Å². The molecule has 0 aliphatic carbocycles. The van der Waals surface area contributed by atoms with Crippen molar-refractivity contribution in [2.75, 3.05) is 16.5 Å². The smallest absolute Gasteiger partial charge is 0.367 e. The van der Waals surface area contributed by atoms with Crippen LogP contribution in [0, 0.1) is 5.41 Å². The Morgan fingerprint density at radius 2 is 1.87 bits per heavy atom. The van der Waals surface area contributed by atoms with Crippen LogP contribution < -0.4 is 9.91 Å². The van der Waals surface area contributed by atoms with Crippen LogP contribution in [0.3, 0.4) is 0 Å². The minimum absolute atomic E-state index is 0.0968. The third-order valence-corrected chi connectivity index (χ3v) is 6.73. The number of nitrogens with zero attached hydrogens (tertiary/aromatic N) is 3. The fourth-order valence-electron chi connectivity index (χ4n) is 5.29. The summed E-state index contributed by atoms with van der Waals surface area (Å²) in [4.78, 5) is 15.9. The molecule has 3 aliphatic heterocycles. The number of hydrazone groups is 1. The van der Waals surface area contributed by atoms with Crippen LogP contribution in [-0.2, 0) is 17.4 Å². The number of benzene rings is 2. The topological polar surface area (TPSA) is 35.9 Å². The highest BCUT2D eigenvalue weighted by molar-refractivity contribution is 6.20. The lowest BCUT2D eigenvalue weighted by Crippen LogP contribution is -2.61. The summed E-state index contributed by atoms with van der Waals surface area (Å²) in [6, 6.07) is 13.0. The van der Waals surface area contributed by atoms with E-state index in [0.29, 0.717) is 17.0 Å². The van der Waals surface area contributed by atoms with Gasteiger partial charge in [0.25, 0.3) is 5.91 Å². The van der Waals surface area contributed by atoms with Crippen molar-refractivity contribution in [1.29, 1.82) is 0 Å². The maximum absolute atomic E-state index is 13.8. The number of rotatable bonds is 1. The molecule has 7 heteroatoms. The molecule has 0 N–H and O–H groups in total. The molecule has 2 atom stereocenters. The highest BCUT2D eigenvalue weighted by Gasteiger charge is 2.59. The van der Waals surface area contributed by atoms with Gasteiger partial charge in [0.05, 0.1) is 17.0 Å². The SMILES string of the molecule is CC1=NN(c2ccccc2)C(=O)[C@]12Cc1cc(C(F)(F)F)ccc1N1CCCC[C@H]12. The number of halogens is 3. The maximum Gasteiger partial charge on any atom is 0.416 e. The molecular weight excluding hydrogens is 391 g/mol. The van der Waals surface area contributed by atoms with Crippen molar-refractivity contribution in [1.82, 2.24) is 0 Å². The molecule has 0 unspecified atom stereocenters. The Balaban J connectivity index is 1.64. The molecule has 1 fully saturated rings. The molecule has 2 aromatic carbocycles. The average Bonchev–Trinajstić information content (AvgIpc) is 2.99. The first-order valence-electron chi connectivity index (χ1n) is 10.2. The van der Waals surface area contributed by atoms with E-state index in [1.807, 2.05) is 37.3 Å². The first-order chi connectivity index (χ1) is 14.3. The molecule has 0 bridgehead atoms. The van der Waals surface area contributed by atoms with Crippen LogP contribution >= 0.6 is 0 Å². The van der Waals surface area contributed by atoms with Gasteiger partial charge < -0.3 is 4.90 Å². The molecule has 1 amide bonds. The van der Waals surface area contributed by atoms with Crippen molar-refractivity contribution in [2.24, 2.45) is 10.5 Å². The van der Waals surface area contributed by atoms with Gasteiger partial charge in [-0.2, -0.15) is 23.3 Å². The number of hydrogen-bond acceptors (Lipinski definition) is 3. The maximum atomic E-state index is 13.8. The number of piperidine rings is 1. The third-order valence-electron chi connectivity index (χ3n) is 6.73. The zero-order valence-corrected chi connectivity index (χ0v) is 16.6. The summed E-state index contributed by atoms with van der Waals surface area (Å²) in [6.45, 7) is 2.57. The van der Waals surface area contributed by atoms with Gasteiger partial charge in [-0.25, -0.2) is 0 Å². The summed E-state index contributed by atoms with van der Waals surface area (Å²) in [7, 11) is 0. The lowest BCUT2D eigenvalue weighted by Gasteiger charge is -2.51. The van der Waals surface area contributed by atoms with Gasteiger partial charge >= 0.3 is 6.18 Å². The van der Waals surface area contributed by atoms with E-state index in [1.165, 1.54) is 11.1 Å². The van der Waals surface area contributed by atoms with Crippen LogP contribution in [0.1, 0.15) is 37.3 Å². The van der Waals surface area contributed by atoms with Crippen molar-refractivity contribution >= 4 is 23.0 Å². The molecule has 4 nitrogen and oxygen atoms in total. The minimum Gasteiger partial charge on any atom is -0.367 e. The molecule has 0 aromatic heterocycles. The Labute approximate surface area is 173 Å². The van der Waals surface area contributed by atoms with Crippen molar-refractivity contribution in [3.05, 3.63) is 59.7 Å². The van der Waals surface area contributed by atoms with Gasteiger partial charge in [0.2, 0.25) is 0 Å². The molecule has 0 radical (unpaired) electrons. The summed E-state index contributed by atoms with van der Waals surface area (Å²) in [6.07, 6.45) is -1.41. The Hall–Kier alpha value is -2.83. The van der Waals surface area contributed by atoms with E-state index >= 15 is 0 Å². The highest BCUT2D eigenvalue weighted by atomic mass is 19.4. The number of fused-ring (bicyclic) bond motifs is 4. The molecule has 156 valence electrons. The highest BCUT2D eigenvalue weighted by Crippen LogP contribution is 2.50. The predicted octanol–water partition coefficient (Wildman–Crippen LogP) is 5.03. The molecule has 2 aromatic rings. The molecular formula is C23H22F3N3O. The number of alkyl halides is 3. The van der Waals surface area contributed by atoms with Crippen LogP contribution in [0.2, 0.25) is 0 Å². The molecule has 1 saturated heterocycles. The average molecular weight is 413 g/mol. The normalized spacial score (nSPS) is 25.9. The molecule has 3 aliphatic rings. The quantitative estimate of drug-likeness (QED) is 0.658. The fraction of sp³-hybridized carbons (Fsp3) is 0.391. The Morgan fingerprint density at radius 3 is 2.60 bits per heavy atom. The van der Waals surface area contributed by atoms with Crippen molar-refractivity contribution in [3.63, 3.8) is 0 Å². The fourth-order valence-corrected chi connectivity index (χ4v) is 5.29. The zero-order chi connectivity index (χ0) is 21.1. The Morgan fingerprint density at radius 1 is 1.10 bits per heavy atom. The first-order valence-corrected chi connectivity index (χ1v) is 10.2. The van der Waals surface area contributed by atoms with E-state index in [2.05, 4.69) is 10.0 Å². The lowest BCUT2D eigenvalue weighted by atomic mass is 9.65. The lowest BCUT2D eigenvalue weighted by molar-refractivity contribution is -0.137. The van der Waals surface area contributed by atoms with Gasteiger partial charge in [0, 0.05) is 18.3 Å². The number of anilines is 2. The summed E-state index contributed by atoms with van der Waals surface area (Å²) < 4.78 is 40.2. The van der Waals surface area contributed by atoms with Crippen LogP contribution in [0.5, 0.6) is 0 Å². The van der Waals surface area contributed by atoms with Gasteiger partial charge in [0.1, 0.15) is 5.41 Å². The van der Waals surface area contributed by atoms with Crippen LogP contribution in [-0.4, -0.2) is 24.2 Å². The molecule has 0 saturated carbocycles. The van der Waals surface area contributed by atoms with Crippen molar-refractivity contribution in [3.8, 4) is 0 Å². The molecule has 30 heavy (non-hydrogen) atoms. The zero-order valence-electron chi connectivity index (χ0n) is 16.6. The van der Waals surface area contributed by atoms with Gasteiger partial charge in [-0.15, -0.1) is 0 Å². The number of para-hydroxylation sites is 1. The molecule has 3 heterocycles. The van der Waals surface area contributed by atoms with E-state index < -0.39 is 17.2 Å². The van der Waals surface area contributed by atoms with E-state index in [0.717, 1.165) is 37.6 Å². The first kappa shape index (κ1) is 19.2. The Kier molecular flexibility index (Phi) is 4.21. The summed E-state index contributed by atoms with van der Waals surface area (Å²) in [5.74, 6) is -0.147. The number of carbonyl (C=O) groups excluding carboxylic acids is 1. The number of amides is 1. The second-order valence-corrected chi connectivity index (χ2v) is 8.33. The molecule has 1 spiro atoms. The van der Waals surface area contributed by atoms with E-state index in [4.69, 9.17) is 0 Å². The van der Waals surface area contributed by atoms with Crippen molar-refractivity contribution < 1.29 is 18.0 Å². The minimum atomic E-state index is -4.42. The van der Waals surface area contributed by atoms with Gasteiger partial charge in [-0.1, -0.05) is 18.2 Å². The summed E-state index contributed by atoms with van der Waals surface area (Å²) >= 11 is 0. The van der Waals surface area contributed by atoms with Crippen molar-refractivity contribution in [2.45, 2.75) is 44.8 Å². The standard InChI is InChI=1S/C23H22F3N3O/c1-15-22(21(30)29(27-15)18-7-3-2-4-8-18)14-16-13-17(23(24,25)26)10-11-19(16)28-12-6-5-9-20(22)28/h2-4,7-8,10-11,13,20H,5-6,9,12,14H2,1H3/t20-,22+/m0/s1. The monoisotopic (exact) mass is 413 g/mol. The molecule has 5 rings (SSSR count). The summed E-state index contributed by atoms with van der Waals surface area (Å²) in [5.41, 5.74) is 1.13. The van der Waals surface area contributed by atoms with Crippen LogP contribution in [0.15, 0.2) is 53.6 Å². The van der Waals surface area contributed by atoms with E-state index in [-0.39, 0.29) is 18.4 Å². The Bertz CT molecular complexity index is 1030.